The zero-order chi connectivity index (χ0) is 6.43. The molecule has 2 bridgehead atoms. The SMILES string of the molecule is CC1C(=O)[C@H]2CC[C@@H]1C2. The molecule has 0 heterocycles. The quantitative estimate of drug-likeness (QED) is 0.479. The van der Waals surface area contributed by atoms with Crippen molar-refractivity contribution in [3.63, 3.8) is 0 Å². The minimum atomic E-state index is 0.406. The van der Waals surface area contributed by atoms with Crippen molar-refractivity contribution in [1.82, 2.24) is 0 Å². The summed E-state index contributed by atoms with van der Waals surface area (Å²) >= 11 is 0. The first-order valence-electron chi connectivity index (χ1n) is 3.83. The van der Waals surface area contributed by atoms with Crippen LogP contribution in [0, 0.1) is 17.8 Å². The maximum Gasteiger partial charge on any atom is 0.139 e. The number of carbonyl (C=O) groups excluding carboxylic acids is 1. The fourth-order valence-corrected chi connectivity index (χ4v) is 2.33. The Balaban J connectivity index is 2.25. The second-order valence-corrected chi connectivity index (χ2v) is 3.46. The highest BCUT2D eigenvalue weighted by Crippen LogP contribution is 2.45. The second kappa shape index (κ2) is 1.59. The Bertz CT molecular complexity index is 147. The van der Waals surface area contributed by atoms with Crippen LogP contribution < -0.4 is 0 Å². The molecule has 0 aromatic carbocycles. The molecule has 0 aromatic rings. The summed E-state index contributed by atoms with van der Waals surface area (Å²) in [6.07, 6.45) is 3.71. The van der Waals surface area contributed by atoms with E-state index in [2.05, 4.69) is 6.92 Å². The number of hydrogen-bond donors (Lipinski definition) is 0. The summed E-state index contributed by atoms with van der Waals surface area (Å²) in [5.74, 6) is 2.20. The lowest BCUT2D eigenvalue weighted by Crippen LogP contribution is -2.18. The molecule has 3 atom stereocenters. The van der Waals surface area contributed by atoms with Crippen molar-refractivity contribution in [1.29, 1.82) is 0 Å². The summed E-state index contributed by atoms with van der Waals surface area (Å²) in [6.45, 7) is 2.09. The Morgan fingerprint density at radius 1 is 1.44 bits per heavy atom. The number of ketones is 1. The van der Waals surface area contributed by atoms with Crippen LogP contribution >= 0.6 is 0 Å². The molecular weight excluding hydrogens is 112 g/mol. The van der Waals surface area contributed by atoms with Crippen LogP contribution in [0.4, 0.5) is 0 Å². The van der Waals surface area contributed by atoms with E-state index >= 15 is 0 Å². The average molecular weight is 124 g/mol. The first-order valence-corrected chi connectivity index (χ1v) is 3.83. The van der Waals surface area contributed by atoms with E-state index in [9.17, 15) is 4.79 Å². The molecule has 2 aliphatic carbocycles. The Morgan fingerprint density at radius 3 is 2.56 bits per heavy atom. The molecule has 0 aliphatic heterocycles. The maximum absolute atomic E-state index is 11.2. The lowest BCUT2D eigenvalue weighted by atomic mass is 9.89. The van der Waals surface area contributed by atoms with Crippen molar-refractivity contribution in [2.45, 2.75) is 26.2 Å². The van der Waals surface area contributed by atoms with Crippen molar-refractivity contribution < 1.29 is 4.79 Å². The highest BCUT2D eigenvalue weighted by molar-refractivity contribution is 5.86. The van der Waals surface area contributed by atoms with Gasteiger partial charge in [0.25, 0.3) is 0 Å². The Kier molecular flexibility index (Phi) is 0.961. The zero-order valence-corrected chi connectivity index (χ0v) is 5.76. The molecule has 0 N–H and O–H groups in total. The normalized spacial score (nSPS) is 48.6. The minimum absolute atomic E-state index is 0.406. The van der Waals surface area contributed by atoms with Crippen LogP contribution in [-0.2, 0) is 4.79 Å². The largest absolute Gasteiger partial charge is 0.299 e. The molecule has 1 heteroatoms. The van der Waals surface area contributed by atoms with E-state index in [1.165, 1.54) is 19.3 Å². The third-order valence-electron chi connectivity index (χ3n) is 3.03. The summed E-state index contributed by atoms with van der Waals surface area (Å²) in [4.78, 5) is 11.2. The number of Topliss-reactive ketones (excluding diaryl/α,β-unsaturated/α-hetero) is 1. The predicted molar refractivity (Wildman–Crippen MR) is 35.0 cm³/mol. The smallest absolute Gasteiger partial charge is 0.139 e. The van der Waals surface area contributed by atoms with Crippen molar-refractivity contribution in [3.8, 4) is 0 Å². The molecule has 1 nitrogen and oxygen atoms in total. The fourth-order valence-electron chi connectivity index (χ4n) is 2.33. The molecule has 9 heavy (non-hydrogen) atoms. The van der Waals surface area contributed by atoms with Crippen LogP contribution in [0.3, 0.4) is 0 Å². The van der Waals surface area contributed by atoms with Crippen molar-refractivity contribution in [3.05, 3.63) is 0 Å². The molecule has 0 amide bonds. The van der Waals surface area contributed by atoms with Gasteiger partial charge in [-0.25, -0.2) is 0 Å². The van der Waals surface area contributed by atoms with Crippen LogP contribution in [0.5, 0.6) is 0 Å². The molecule has 0 aromatic heterocycles. The van der Waals surface area contributed by atoms with Gasteiger partial charge in [-0.2, -0.15) is 0 Å². The summed E-state index contributed by atoms with van der Waals surface area (Å²) in [5.41, 5.74) is 0. The third-order valence-corrected chi connectivity index (χ3v) is 3.03. The summed E-state index contributed by atoms with van der Waals surface area (Å²) < 4.78 is 0. The van der Waals surface area contributed by atoms with Gasteiger partial charge in [0.05, 0.1) is 0 Å². The van der Waals surface area contributed by atoms with Crippen LogP contribution in [0.1, 0.15) is 26.2 Å². The Labute approximate surface area is 55.4 Å². The summed E-state index contributed by atoms with van der Waals surface area (Å²) in [5, 5.41) is 0. The topological polar surface area (TPSA) is 17.1 Å². The van der Waals surface area contributed by atoms with Gasteiger partial charge in [-0.3, -0.25) is 4.79 Å². The lowest BCUT2D eigenvalue weighted by Gasteiger charge is -2.14. The van der Waals surface area contributed by atoms with Crippen LogP contribution in [-0.4, -0.2) is 5.78 Å². The summed E-state index contributed by atoms with van der Waals surface area (Å²) in [6, 6.07) is 0. The monoisotopic (exact) mass is 124 g/mol. The molecule has 0 spiro atoms. The van der Waals surface area contributed by atoms with E-state index in [0.29, 0.717) is 17.6 Å². The maximum atomic E-state index is 11.2. The molecular formula is C8H12O. The van der Waals surface area contributed by atoms with Crippen molar-refractivity contribution in [2.75, 3.05) is 0 Å². The van der Waals surface area contributed by atoms with E-state index in [0.717, 1.165) is 5.92 Å². The average Bonchev–Trinajstić information content (AvgIpc) is 2.37. The molecule has 50 valence electrons. The molecule has 1 unspecified atom stereocenters. The molecule has 2 saturated carbocycles. The van der Waals surface area contributed by atoms with E-state index in [1.54, 1.807) is 0 Å². The van der Waals surface area contributed by atoms with E-state index in [4.69, 9.17) is 0 Å². The number of rotatable bonds is 0. The van der Waals surface area contributed by atoms with Gasteiger partial charge in [0.1, 0.15) is 5.78 Å². The number of hydrogen-bond acceptors (Lipinski definition) is 1. The second-order valence-electron chi connectivity index (χ2n) is 3.46. The molecule has 0 radical (unpaired) electrons. The number of carbonyl (C=O) groups is 1. The highest BCUT2D eigenvalue weighted by atomic mass is 16.1. The van der Waals surface area contributed by atoms with E-state index in [1.807, 2.05) is 0 Å². The van der Waals surface area contributed by atoms with E-state index < -0.39 is 0 Å². The summed E-state index contributed by atoms with van der Waals surface area (Å²) in [7, 11) is 0. The zero-order valence-electron chi connectivity index (χ0n) is 5.76. The first kappa shape index (κ1) is 5.45. The third kappa shape index (κ3) is 0.577. The molecule has 2 fully saturated rings. The van der Waals surface area contributed by atoms with Gasteiger partial charge >= 0.3 is 0 Å². The van der Waals surface area contributed by atoms with E-state index in [-0.39, 0.29) is 0 Å². The Hall–Kier alpha value is -0.330. The number of fused-ring (bicyclic) bond motifs is 2. The Morgan fingerprint density at radius 2 is 2.22 bits per heavy atom. The van der Waals surface area contributed by atoms with Crippen LogP contribution in [0.2, 0.25) is 0 Å². The van der Waals surface area contributed by atoms with Crippen LogP contribution in [0.25, 0.3) is 0 Å². The standard InChI is InChI=1S/C8H12O/c1-5-6-2-3-7(4-6)8(5)9/h5-7H,2-4H2,1H3/t5?,6-,7+/m1/s1. The van der Waals surface area contributed by atoms with Gasteiger partial charge in [-0.15, -0.1) is 0 Å². The molecule has 2 aliphatic rings. The van der Waals surface area contributed by atoms with Gasteiger partial charge in [-0.1, -0.05) is 6.92 Å². The van der Waals surface area contributed by atoms with Gasteiger partial charge in [0.2, 0.25) is 0 Å². The van der Waals surface area contributed by atoms with Crippen LogP contribution in [0.15, 0.2) is 0 Å². The van der Waals surface area contributed by atoms with Gasteiger partial charge in [0, 0.05) is 11.8 Å². The van der Waals surface area contributed by atoms with Gasteiger partial charge in [-0.05, 0) is 25.2 Å². The minimum Gasteiger partial charge on any atom is -0.299 e. The van der Waals surface area contributed by atoms with Gasteiger partial charge < -0.3 is 0 Å². The van der Waals surface area contributed by atoms with Gasteiger partial charge in [0.15, 0.2) is 0 Å². The first-order chi connectivity index (χ1) is 4.29. The fraction of sp³-hybridized carbons (Fsp3) is 0.875. The van der Waals surface area contributed by atoms with Crippen molar-refractivity contribution >= 4 is 5.78 Å². The molecule has 0 saturated heterocycles. The highest BCUT2D eigenvalue weighted by Gasteiger charge is 2.43. The molecule has 2 rings (SSSR count). The van der Waals surface area contributed by atoms with Crippen molar-refractivity contribution in [2.24, 2.45) is 17.8 Å². The predicted octanol–water partition coefficient (Wildman–Crippen LogP) is 1.62. The lowest BCUT2D eigenvalue weighted by molar-refractivity contribution is -0.125.